The van der Waals surface area contributed by atoms with Gasteiger partial charge in [-0.2, -0.15) is 0 Å². The molecule has 16 heavy (non-hydrogen) atoms. The van der Waals surface area contributed by atoms with Gasteiger partial charge in [0.2, 0.25) is 6.29 Å². The van der Waals surface area contributed by atoms with Gasteiger partial charge in [-0.25, -0.2) is 0 Å². The summed E-state index contributed by atoms with van der Waals surface area (Å²) in [5.74, 6) is 0.862. The molecule has 0 aliphatic rings. The highest BCUT2D eigenvalue weighted by Gasteiger charge is 1.94. The van der Waals surface area contributed by atoms with E-state index in [0.29, 0.717) is 0 Å². The summed E-state index contributed by atoms with van der Waals surface area (Å²) in [6.07, 6.45) is 17.0. The number of hydrogen-bond donors (Lipinski definition) is 0. The van der Waals surface area contributed by atoms with Crippen LogP contribution in [0.5, 0.6) is 0 Å². The van der Waals surface area contributed by atoms with Crippen molar-refractivity contribution in [2.45, 2.75) is 71.6 Å². The summed E-state index contributed by atoms with van der Waals surface area (Å²) >= 11 is 0. The first kappa shape index (κ1) is 15.4. The lowest BCUT2D eigenvalue weighted by Gasteiger charge is -2.04. The van der Waals surface area contributed by atoms with Crippen LogP contribution >= 0.6 is 0 Å². The summed E-state index contributed by atoms with van der Waals surface area (Å²) in [5.41, 5.74) is 0. The molecule has 0 atom stereocenters. The summed E-state index contributed by atoms with van der Waals surface area (Å²) in [7, 11) is 0. The molecule has 93 valence electrons. The molecular weight excluding hydrogens is 196 g/mol. The minimum Gasteiger partial charge on any atom is -0.286 e. The van der Waals surface area contributed by atoms with Crippen LogP contribution < -0.4 is 0 Å². The lowest BCUT2D eigenvalue weighted by Crippen LogP contribution is -1.87. The molecule has 0 unspecified atom stereocenters. The van der Waals surface area contributed by atoms with Gasteiger partial charge in [-0.1, -0.05) is 64.9 Å². The summed E-state index contributed by atoms with van der Waals surface area (Å²) in [6, 6.07) is 0. The van der Waals surface area contributed by atoms with Gasteiger partial charge >= 0.3 is 0 Å². The van der Waals surface area contributed by atoms with Gasteiger partial charge in [-0.05, 0) is 24.8 Å². The fourth-order valence-electron chi connectivity index (χ4n) is 1.83. The van der Waals surface area contributed by atoms with E-state index in [-0.39, 0.29) is 0 Å². The van der Waals surface area contributed by atoms with Gasteiger partial charge in [0.1, 0.15) is 0 Å². The third-order valence-corrected chi connectivity index (χ3v) is 2.84. The van der Waals surface area contributed by atoms with Crippen LogP contribution in [0.2, 0.25) is 0 Å². The summed E-state index contributed by atoms with van der Waals surface area (Å²) in [6.45, 7) is 4.59. The van der Waals surface area contributed by atoms with Gasteiger partial charge in [-0.3, -0.25) is 4.79 Å². The van der Waals surface area contributed by atoms with E-state index in [2.05, 4.69) is 13.8 Å². The van der Waals surface area contributed by atoms with Crippen LogP contribution in [0.15, 0.2) is 12.2 Å². The Morgan fingerprint density at radius 2 is 1.50 bits per heavy atom. The topological polar surface area (TPSA) is 17.1 Å². The second-order valence-electron chi connectivity index (χ2n) is 4.97. The highest BCUT2D eigenvalue weighted by atomic mass is 16.1. The molecule has 0 saturated carbocycles. The lowest BCUT2D eigenvalue weighted by atomic mass is 10.0. The van der Waals surface area contributed by atoms with Crippen molar-refractivity contribution < 1.29 is 4.79 Å². The Balaban J connectivity index is 2.98. The highest BCUT2D eigenvalue weighted by molar-refractivity contribution is 5.65. The Labute approximate surface area is 101 Å². The molecule has 0 aromatic rings. The van der Waals surface area contributed by atoms with E-state index in [1.165, 1.54) is 57.4 Å². The molecule has 0 aromatic heterocycles. The third-order valence-electron chi connectivity index (χ3n) is 2.84. The molecule has 0 saturated heterocycles. The van der Waals surface area contributed by atoms with E-state index in [9.17, 15) is 4.79 Å². The number of unbranched alkanes of at least 4 members (excludes halogenated alkanes) is 7. The summed E-state index contributed by atoms with van der Waals surface area (Å²) < 4.78 is 0. The highest BCUT2D eigenvalue weighted by Crippen LogP contribution is 2.12. The molecule has 1 nitrogen and oxygen atoms in total. The van der Waals surface area contributed by atoms with Crippen molar-refractivity contribution in [1.82, 2.24) is 0 Å². The fourth-order valence-corrected chi connectivity index (χ4v) is 1.83. The number of carbonyl (C=O) groups excluding carboxylic acids is 1. The lowest BCUT2D eigenvalue weighted by molar-refractivity contribution is 0.509. The Kier molecular flexibility index (Phi) is 12.0. The zero-order chi connectivity index (χ0) is 12.1. The van der Waals surface area contributed by atoms with E-state index in [4.69, 9.17) is 0 Å². The predicted molar refractivity (Wildman–Crippen MR) is 71.2 cm³/mol. The number of rotatable bonds is 11. The first-order valence-electron chi connectivity index (χ1n) is 6.80. The molecule has 0 heterocycles. The molecule has 0 aliphatic heterocycles. The van der Waals surface area contributed by atoms with Gasteiger partial charge in [0.15, 0.2) is 0 Å². The quantitative estimate of drug-likeness (QED) is 0.362. The van der Waals surface area contributed by atoms with Crippen molar-refractivity contribution in [2.75, 3.05) is 0 Å². The van der Waals surface area contributed by atoms with E-state index in [1.54, 1.807) is 6.29 Å². The molecule has 0 aromatic carbocycles. The maximum Gasteiger partial charge on any atom is 0.225 e. The van der Waals surface area contributed by atoms with Gasteiger partial charge in [-0.15, -0.1) is 0 Å². The summed E-state index contributed by atoms with van der Waals surface area (Å²) in [5, 5.41) is 0. The maximum atomic E-state index is 9.88. The standard InChI is InChI=1S/C15H27O/c1-15(2)13-11-9-7-5-3-4-6-8-10-12-14-16/h10,12,15H,3-9,11,13H2,1-2H3/b12-10+. The molecule has 0 spiro atoms. The summed E-state index contributed by atoms with van der Waals surface area (Å²) in [4.78, 5) is 9.88. The van der Waals surface area contributed by atoms with Crippen LogP contribution in [0.1, 0.15) is 71.6 Å². The largest absolute Gasteiger partial charge is 0.286 e. The molecule has 0 fully saturated rings. The van der Waals surface area contributed by atoms with Gasteiger partial charge < -0.3 is 0 Å². The van der Waals surface area contributed by atoms with Crippen LogP contribution in [0.3, 0.4) is 0 Å². The fraction of sp³-hybridized carbons (Fsp3) is 0.800. The Hall–Kier alpha value is -0.590. The third kappa shape index (κ3) is 13.4. The minimum absolute atomic E-state index is 0.862. The SMILES string of the molecule is CC(C)CCCCCCCCC/C=C/[C]=O. The molecule has 1 heteroatoms. The zero-order valence-corrected chi connectivity index (χ0v) is 11.0. The average molecular weight is 223 g/mol. The van der Waals surface area contributed by atoms with Gasteiger partial charge in [0, 0.05) is 0 Å². The first-order chi connectivity index (χ1) is 7.77. The second kappa shape index (κ2) is 12.5. The molecular formula is C15H27O. The van der Waals surface area contributed by atoms with Crippen LogP contribution in [0.4, 0.5) is 0 Å². The normalized spacial score (nSPS) is 11.4. The van der Waals surface area contributed by atoms with E-state index in [1.807, 2.05) is 6.08 Å². The number of hydrogen-bond acceptors (Lipinski definition) is 1. The van der Waals surface area contributed by atoms with Gasteiger partial charge in [0.25, 0.3) is 0 Å². The predicted octanol–water partition coefficient (Wildman–Crippen LogP) is 4.82. The van der Waals surface area contributed by atoms with Crippen LogP contribution in [-0.4, -0.2) is 6.29 Å². The van der Waals surface area contributed by atoms with Crippen molar-refractivity contribution in [2.24, 2.45) is 5.92 Å². The van der Waals surface area contributed by atoms with Crippen molar-refractivity contribution in [3.63, 3.8) is 0 Å². The second-order valence-corrected chi connectivity index (χ2v) is 4.97. The minimum atomic E-state index is 0.862. The molecule has 0 aliphatic carbocycles. The van der Waals surface area contributed by atoms with E-state index >= 15 is 0 Å². The van der Waals surface area contributed by atoms with Crippen LogP contribution in [0, 0.1) is 5.92 Å². The smallest absolute Gasteiger partial charge is 0.225 e. The molecule has 0 N–H and O–H groups in total. The van der Waals surface area contributed by atoms with Gasteiger partial charge in [0.05, 0.1) is 0 Å². The molecule has 0 bridgehead atoms. The average Bonchev–Trinajstić information content (AvgIpc) is 2.25. The maximum absolute atomic E-state index is 9.88. The van der Waals surface area contributed by atoms with Crippen molar-refractivity contribution in [1.29, 1.82) is 0 Å². The Morgan fingerprint density at radius 1 is 0.938 bits per heavy atom. The Morgan fingerprint density at radius 3 is 2.06 bits per heavy atom. The number of allylic oxidation sites excluding steroid dienone is 2. The zero-order valence-electron chi connectivity index (χ0n) is 11.0. The monoisotopic (exact) mass is 223 g/mol. The van der Waals surface area contributed by atoms with Crippen LogP contribution in [0.25, 0.3) is 0 Å². The molecule has 1 radical (unpaired) electrons. The van der Waals surface area contributed by atoms with Crippen molar-refractivity contribution in [3.05, 3.63) is 12.2 Å². The molecule has 0 rings (SSSR count). The molecule has 0 amide bonds. The van der Waals surface area contributed by atoms with E-state index in [0.717, 1.165) is 12.3 Å². The van der Waals surface area contributed by atoms with Crippen LogP contribution in [-0.2, 0) is 4.79 Å². The van der Waals surface area contributed by atoms with E-state index < -0.39 is 0 Å². The Bertz CT molecular complexity index is 170. The van der Waals surface area contributed by atoms with Crippen molar-refractivity contribution in [3.8, 4) is 0 Å². The van der Waals surface area contributed by atoms with Crippen molar-refractivity contribution >= 4 is 6.29 Å². The first-order valence-corrected chi connectivity index (χ1v) is 6.80.